The minimum Gasteiger partial charge on any atom is -0.467 e. The molecule has 4 rings (SSSR count). The quantitative estimate of drug-likeness (QED) is 0.383. The zero-order valence-electron chi connectivity index (χ0n) is 16.1. The van der Waals surface area contributed by atoms with Gasteiger partial charge in [0.25, 0.3) is 5.91 Å². The van der Waals surface area contributed by atoms with E-state index in [1.165, 1.54) is 28.1 Å². The number of thiazole rings is 1. The number of hydrogen-bond donors (Lipinski definition) is 0. The monoisotopic (exact) mass is 445 g/mol. The zero-order chi connectivity index (χ0) is 20.9. The summed E-state index contributed by atoms with van der Waals surface area (Å²) in [5.41, 5.74) is 1.34. The summed E-state index contributed by atoms with van der Waals surface area (Å²) in [5, 5.41) is 7.76. The van der Waals surface area contributed by atoms with Gasteiger partial charge in [0.15, 0.2) is 4.34 Å². The predicted octanol–water partition coefficient (Wildman–Crippen LogP) is 3.90. The molecule has 1 aliphatic rings. The number of furan rings is 2. The molecule has 1 atom stereocenters. The second-order valence-electron chi connectivity index (χ2n) is 6.37. The highest BCUT2D eigenvalue weighted by molar-refractivity contribution is 8.01. The van der Waals surface area contributed by atoms with E-state index >= 15 is 0 Å². The summed E-state index contributed by atoms with van der Waals surface area (Å²) in [7, 11) is 0. The van der Waals surface area contributed by atoms with Crippen molar-refractivity contribution in [1.29, 1.82) is 0 Å². The minimum atomic E-state index is -0.316. The lowest BCUT2D eigenvalue weighted by Crippen LogP contribution is -2.28. The first-order valence-corrected chi connectivity index (χ1v) is 11.2. The fraction of sp³-hybridized carbons (Fsp3) is 0.300. The van der Waals surface area contributed by atoms with E-state index < -0.39 is 0 Å². The molecule has 1 amide bonds. The smallest absolute Gasteiger partial charge is 0.311 e. The first kappa shape index (κ1) is 20.4. The average Bonchev–Trinajstić information content (AvgIpc) is 3.53. The highest BCUT2D eigenvalue weighted by atomic mass is 32.2. The molecule has 0 saturated carbocycles. The van der Waals surface area contributed by atoms with Gasteiger partial charge in [0, 0.05) is 11.8 Å². The molecule has 0 bridgehead atoms. The van der Waals surface area contributed by atoms with Crippen molar-refractivity contribution < 1.29 is 23.2 Å². The lowest BCUT2D eigenvalue weighted by molar-refractivity contribution is -0.142. The van der Waals surface area contributed by atoms with E-state index in [4.69, 9.17) is 13.6 Å². The van der Waals surface area contributed by atoms with Crippen molar-refractivity contribution in [3.05, 3.63) is 59.4 Å². The van der Waals surface area contributed by atoms with Crippen LogP contribution in [0.3, 0.4) is 0 Å². The number of thioether (sulfide) groups is 1. The Bertz CT molecular complexity index is 1030. The Morgan fingerprint density at radius 3 is 2.87 bits per heavy atom. The molecule has 1 aliphatic heterocycles. The van der Waals surface area contributed by atoms with Gasteiger partial charge in [-0.1, -0.05) is 11.8 Å². The van der Waals surface area contributed by atoms with Crippen molar-refractivity contribution in [2.24, 2.45) is 5.10 Å². The second-order valence-corrected chi connectivity index (χ2v) is 8.45. The van der Waals surface area contributed by atoms with E-state index in [-0.39, 0.29) is 30.1 Å². The molecule has 0 unspecified atom stereocenters. The lowest BCUT2D eigenvalue weighted by Gasteiger charge is -2.19. The van der Waals surface area contributed by atoms with Crippen molar-refractivity contribution in [1.82, 2.24) is 9.99 Å². The van der Waals surface area contributed by atoms with Crippen molar-refractivity contribution in [3.8, 4) is 0 Å². The van der Waals surface area contributed by atoms with Crippen LogP contribution in [-0.2, 0) is 20.7 Å². The Balaban J connectivity index is 1.42. The molecule has 156 valence electrons. The van der Waals surface area contributed by atoms with Crippen LogP contribution in [0.4, 0.5) is 0 Å². The zero-order valence-corrected chi connectivity index (χ0v) is 17.8. The van der Waals surface area contributed by atoms with Gasteiger partial charge in [0.2, 0.25) is 0 Å². The van der Waals surface area contributed by atoms with Crippen LogP contribution in [0.25, 0.3) is 0 Å². The number of hydrogen-bond acceptors (Lipinski definition) is 9. The van der Waals surface area contributed by atoms with Crippen molar-refractivity contribution in [2.75, 3.05) is 12.4 Å². The number of esters is 1. The van der Waals surface area contributed by atoms with Crippen molar-refractivity contribution in [3.63, 3.8) is 0 Å². The standard InChI is InChI=1S/C20H19N3O5S2/c1-2-26-19(25)9-13-11-29-20(21-13)30-12-18(24)23-15(17-6-4-8-28-17)10-14(22-23)16-5-3-7-27-16/h3-8,11,15H,2,9-10,12H2,1H3/t15-/m0/s1. The van der Waals surface area contributed by atoms with E-state index in [1.807, 2.05) is 12.1 Å². The molecule has 0 saturated heterocycles. The van der Waals surface area contributed by atoms with Gasteiger partial charge in [-0.15, -0.1) is 11.3 Å². The van der Waals surface area contributed by atoms with Crippen LogP contribution in [-0.4, -0.2) is 39.9 Å². The minimum absolute atomic E-state index is 0.127. The van der Waals surface area contributed by atoms with Crippen molar-refractivity contribution in [2.45, 2.75) is 30.1 Å². The maximum absolute atomic E-state index is 12.9. The normalized spacial score (nSPS) is 16.0. The summed E-state index contributed by atoms with van der Waals surface area (Å²) in [6.45, 7) is 2.10. The first-order valence-electron chi connectivity index (χ1n) is 9.33. The molecular weight excluding hydrogens is 426 g/mol. The Morgan fingerprint density at radius 2 is 2.13 bits per heavy atom. The van der Waals surface area contributed by atoms with Gasteiger partial charge in [-0.2, -0.15) is 5.10 Å². The summed E-state index contributed by atoms with van der Waals surface area (Å²) in [5.74, 6) is 1.000. The number of carbonyl (C=O) groups excluding carboxylic acids is 2. The fourth-order valence-corrected chi connectivity index (χ4v) is 4.72. The maximum Gasteiger partial charge on any atom is 0.311 e. The molecule has 8 nitrogen and oxygen atoms in total. The molecule has 0 N–H and O–H groups in total. The van der Waals surface area contributed by atoms with Gasteiger partial charge in [-0.05, 0) is 31.2 Å². The van der Waals surface area contributed by atoms with Crippen molar-refractivity contribution >= 4 is 40.7 Å². The third-order valence-electron chi connectivity index (χ3n) is 4.32. The highest BCUT2D eigenvalue weighted by Gasteiger charge is 2.35. The summed E-state index contributed by atoms with van der Waals surface area (Å²) in [4.78, 5) is 28.9. The van der Waals surface area contributed by atoms with E-state index in [2.05, 4.69) is 10.1 Å². The second kappa shape index (κ2) is 9.31. The summed E-state index contributed by atoms with van der Waals surface area (Å²) in [6, 6.07) is 6.92. The van der Waals surface area contributed by atoms with Gasteiger partial charge >= 0.3 is 5.97 Å². The van der Waals surface area contributed by atoms with Crippen LogP contribution in [0.2, 0.25) is 0 Å². The number of nitrogens with zero attached hydrogens (tertiary/aromatic N) is 3. The summed E-state index contributed by atoms with van der Waals surface area (Å²) in [6.07, 6.45) is 3.80. The number of ether oxygens (including phenoxy) is 1. The molecule has 0 aromatic carbocycles. The van der Waals surface area contributed by atoms with Gasteiger partial charge in [0.05, 0.1) is 37.0 Å². The summed E-state index contributed by atoms with van der Waals surface area (Å²) >= 11 is 2.71. The van der Waals surface area contributed by atoms with Crippen LogP contribution >= 0.6 is 23.1 Å². The van der Waals surface area contributed by atoms with Crippen LogP contribution < -0.4 is 0 Å². The molecule has 10 heteroatoms. The lowest BCUT2D eigenvalue weighted by atomic mass is 10.1. The van der Waals surface area contributed by atoms with Gasteiger partial charge in [0.1, 0.15) is 23.3 Å². The fourth-order valence-electron chi connectivity index (χ4n) is 3.02. The Morgan fingerprint density at radius 1 is 1.30 bits per heavy atom. The molecule has 3 aromatic rings. The summed E-state index contributed by atoms with van der Waals surface area (Å²) < 4.78 is 16.6. The van der Waals surface area contributed by atoms with E-state index in [9.17, 15) is 9.59 Å². The molecule has 0 radical (unpaired) electrons. The van der Waals surface area contributed by atoms with Gasteiger partial charge in [-0.25, -0.2) is 9.99 Å². The van der Waals surface area contributed by atoms with Gasteiger partial charge < -0.3 is 13.6 Å². The first-order chi connectivity index (χ1) is 14.6. The molecule has 4 heterocycles. The van der Waals surface area contributed by atoms with E-state index in [1.54, 1.807) is 37.0 Å². The molecule has 0 spiro atoms. The third-order valence-corrected chi connectivity index (χ3v) is 6.38. The highest BCUT2D eigenvalue weighted by Crippen LogP contribution is 2.34. The molecular formula is C20H19N3O5S2. The van der Waals surface area contributed by atoms with Crippen LogP contribution in [0.1, 0.15) is 36.6 Å². The Hall–Kier alpha value is -2.85. The number of amides is 1. The topological polar surface area (TPSA) is 98.1 Å². The SMILES string of the molecule is CCOC(=O)Cc1csc(SCC(=O)N2N=C(c3ccco3)C[C@H]2c2ccco2)n1. The predicted molar refractivity (Wildman–Crippen MR) is 111 cm³/mol. The van der Waals surface area contributed by atoms with Gasteiger partial charge in [-0.3, -0.25) is 9.59 Å². The number of rotatable bonds is 8. The number of hydrazone groups is 1. The van der Waals surface area contributed by atoms with Crippen LogP contribution in [0.5, 0.6) is 0 Å². The molecule has 0 aliphatic carbocycles. The molecule has 0 fully saturated rings. The maximum atomic E-state index is 12.9. The Kier molecular flexibility index (Phi) is 6.34. The van der Waals surface area contributed by atoms with E-state index in [0.29, 0.717) is 40.3 Å². The van der Waals surface area contributed by atoms with Crippen LogP contribution in [0.15, 0.2) is 60.4 Å². The van der Waals surface area contributed by atoms with E-state index in [0.717, 1.165) is 0 Å². The largest absolute Gasteiger partial charge is 0.467 e. The van der Waals surface area contributed by atoms with Crippen LogP contribution in [0, 0.1) is 0 Å². The molecule has 3 aromatic heterocycles. The molecule has 30 heavy (non-hydrogen) atoms. The third kappa shape index (κ3) is 4.65. The Labute approximate surface area is 180 Å². The number of carbonyl (C=O) groups is 2. The number of aromatic nitrogens is 1. The average molecular weight is 446 g/mol.